The molecule has 2 aromatic carbocycles. The molecule has 1 aliphatic heterocycles. The molecule has 2 atom stereocenters. The van der Waals surface area contributed by atoms with Crippen LogP contribution in [0, 0.1) is 19.7 Å². The number of halogens is 1. The fourth-order valence-electron chi connectivity index (χ4n) is 5.02. The van der Waals surface area contributed by atoms with Crippen molar-refractivity contribution in [2.75, 3.05) is 11.9 Å². The lowest BCUT2D eigenvalue weighted by Crippen LogP contribution is -2.32. The average molecular weight is 514 g/mol. The number of para-hydroxylation sites is 1. The Balaban J connectivity index is 1.45. The largest absolute Gasteiger partial charge is 0.352 e. The second-order valence-electron chi connectivity index (χ2n) is 9.12. The number of aromatic nitrogens is 2. The highest BCUT2D eigenvalue weighted by Crippen LogP contribution is 2.41. The lowest BCUT2D eigenvalue weighted by Gasteiger charge is -2.28. The quantitative estimate of drug-likeness (QED) is 0.314. The number of benzene rings is 2. The van der Waals surface area contributed by atoms with Crippen LogP contribution in [0.1, 0.15) is 41.1 Å². The van der Waals surface area contributed by atoms with E-state index in [1.54, 1.807) is 18.3 Å². The third-order valence-electron chi connectivity index (χ3n) is 6.71. The van der Waals surface area contributed by atoms with Gasteiger partial charge < -0.3 is 20.1 Å². The molecule has 1 fully saturated rings. The second-order valence-corrected chi connectivity index (χ2v) is 9.51. The SMILES string of the molecule is Cc1cc([C@@H]2[C@@H](c3ccccn3)NC(=S)N2CCC(=O)Nc2ccc(F)cc2)c(C)n1-c1ccccc1. The minimum absolute atomic E-state index is 0.148. The molecule has 1 aliphatic rings. The van der Waals surface area contributed by atoms with Gasteiger partial charge in [0.05, 0.1) is 17.8 Å². The molecular weight excluding hydrogens is 485 g/mol. The van der Waals surface area contributed by atoms with Crippen LogP contribution in [-0.4, -0.2) is 32.0 Å². The van der Waals surface area contributed by atoms with E-state index in [-0.39, 0.29) is 30.2 Å². The van der Waals surface area contributed by atoms with Gasteiger partial charge in [-0.25, -0.2) is 4.39 Å². The van der Waals surface area contributed by atoms with Crippen molar-refractivity contribution < 1.29 is 9.18 Å². The van der Waals surface area contributed by atoms with Gasteiger partial charge in [-0.2, -0.15) is 0 Å². The zero-order chi connectivity index (χ0) is 25.9. The summed E-state index contributed by atoms with van der Waals surface area (Å²) in [4.78, 5) is 19.4. The molecule has 5 rings (SSSR count). The number of pyridine rings is 1. The van der Waals surface area contributed by atoms with Crippen LogP contribution in [0.3, 0.4) is 0 Å². The summed E-state index contributed by atoms with van der Waals surface area (Å²) in [5.41, 5.74) is 5.90. The summed E-state index contributed by atoms with van der Waals surface area (Å²) in [5.74, 6) is -0.507. The summed E-state index contributed by atoms with van der Waals surface area (Å²) < 4.78 is 15.5. The summed E-state index contributed by atoms with van der Waals surface area (Å²) in [6, 6.07) is 23.7. The molecule has 1 amide bonds. The number of carbonyl (C=O) groups is 1. The Labute approximate surface area is 221 Å². The smallest absolute Gasteiger partial charge is 0.226 e. The van der Waals surface area contributed by atoms with Gasteiger partial charge in [-0.3, -0.25) is 9.78 Å². The van der Waals surface area contributed by atoms with E-state index < -0.39 is 0 Å². The summed E-state index contributed by atoms with van der Waals surface area (Å²) in [6.07, 6.45) is 2.01. The molecule has 8 heteroatoms. The molecule has 2 N–H and O–H groups in total. The summed E-state index contributed by atoms with van der Waals surface area (Å²) >= 11 is 5.77. The third-order valence-corrected chi connectivity index (χ3v) is 7.06. The van der Waals surface area contributed by atoms with Crippen molar-refractivity contribution in [3.05, 3.63) is 114 Å². The van der Waals surface area contributed by atoms with Crippen molar-refractivity contribution in [3.8, 4) is 5.69 Å². The standard InChI is InChI=1S/C29H28FN5OS/c1-19-18-24(20(2)35(19)23-8-4-3-5-9-23)28-27(25-10-6-7-16-31-25)33-29(37)34(28)17-15-26(36)32-22-13-11-21(30)12-14-22/h3-14,16,18,27-28H,15,17H2,1-2H3,(H,32,36)(H,33,37)/t27-,28-/m1/s1. The second kappa shape index (κ2) is 10.5. The summed E-state index contributed by atoms with van der Waals surface area (Å²) in [6.45, 7) is 4.63. The molecule has 0 unspecified atom stereocenters. The van der Waals surface area contributed by atoms with E-state index in [2.05, 4.69) is 57.1 Å². The van der Waals surface area contributed by atoms with E-state index in [4.69, 9.17) is 12.2 Å². The lowest BCUT2D eigenvalue weighted by molar-refractivity contribution is -0.116. The first-order valence-corrected chi connectivity index (χ1v) is 12.6. The first-order chi connectivity index (χ1) is 17.9. The van der Waals surface area contributed by atoms with Crippen molar-refractivity contribution >= 4 is 28.9 Å². The minimum atomic E-state index is -0.344. The molecule has 1 saturated heterocycles. The Hall–Kier alpha value is -4.04. The molecule has 4 aromatic rings. The highest BCUT2D eigenvalue weighted by molar-refractivity contribution is 7.80. The number of nitrogens with zero attached hydrogens (tertiary/aromatic N) is 3. The number of hydrogen-bond donors (Lipinski definition) is 2. The molecule has 0 saturated carbocycles. The van der Waals surface area contributed by atoms with Crippen LogP contribution in [0.2, 0.25) is 0 Å². The number of nitrogens with one attached hydrogen (secondary N) is 2. The molecule has 0 bridgehead atoms. The molecule has 2 aromatic heterocycles. The zero-order valence-electron chi connectivity index (χ0n) is 20.7. The van der Waals surface area contributed by atoms with Gasteiger partial charge in [0, 0.05) is 41.9 Å². The Kier molecular flexibility index (Phi) is 7.01. The van der Waals surface area contributed by atoms with Gasteiger partial charge in [-0.1, -0.05) is 24.3 Å². The number of hydrogen-bond acceptors (Lipinski definition) is 3. The number of carbonyl (C=O) groups excluding carboxylic acids is 1. The zero-order valence-corrected chi connectivity index (χ0v) is 21.5. The van der Waals surface area contributed by atoms with E-state index in [0.29, 0.717) is 17.3 Å². The average Bonchev–Trinajstić information content (AvgIpc) is 3.39. The van der Waals surface area contributed by atoms with Crippen molar-refractivity contribution in [2.24, 2.45) is 0 Å². The first-order valence-electron chi connectivity index (χ1n) is 12.2. The first kappa shape index (κ1) is 24.6. The highest BCUT2D eigenvalue weighted by atomic mass is 32.1. The fraction of sp³-hybridized carbons (Fsp3) is 0.207. The Bertz CT molecular complexity index is 1410. The molecule has 0 spiro atoms. The van der Waals surface area contributed by atoms with Gasteiger partial charge in [-0.15, -0.1) is 0 Å². The van der Waals surface area contributed by atoms with E-state index in [1.165, 1.54) is 12.1 Å². The van der Waals surface area contributed by atoms with E-state index >= 15 is 0 Å². The van der Waals surface area contributed by atoms with Crippen molar-refractivity contribution in [1.29, 1.82) is 0 Å². The summed E-state index contributed by atoms with van der Waals surface area (Å²) in [7, 11) is 0. The molecule has 37 heavy (non-hydrogen) atoms. The Morgan fingerprint density at radius 3 is 2.49 bits per heavy atom. The van der Waals surface area contributed by atoms with Gasteiger partial charge in [0.1, 0.15) is 5.82 Å². The van der Waals surface area contributed by atoms with Crippen LogP contribution in [0.5, 0.6) is 0 Å². The van der Waals surface area contributed by atoms with Gasteiger partial charge in [-0.05, 0) is 86.2 Å². The van der Waals surface area contributed by atoms with Gasteiger partial charge in [0.25, 0.3) is 0 Å². The maximum atomic E-state index is 13.2. The normalized spacial score (nSPS) is 17.1. The number of rotatable bonds is 7. The lowest BCUT2D eigenvalue weighted by atomic mass is 9.96. The number of thiocarbonyl (C=S) groups is 1. The minimum Gasteiger partial charge on any atom is -0.352 e. The number of aryl methyl sites for hydroxylation is 1. The molecular formula is C29H28FN5OS. The molecule has 0 radical (unpaired) electrons. The van der Waals surface area contributed by atoms with Crippen LogP contribution in [0.4, 0.5) is 10.1 Å². The monoisotopic (exact) mass is 513 g/mol. The van der Waals surface area contributed by atoms with Crippen LogP contribution in [-0.2, 0) is 4.79 Å². The van der Waals surface area contributed by atoms with E-state index in [1.807, 2.05) is 36.4 Å². The summed E-state index contributed by atoms with van der Waals surface area (Å²) in [5, 5.41) is 6.88. The van der Waals surface area contributed by atoms with Crippen molar-refractivity contribution in [1.82, 2.24) is 19.8 Å². The van der Waals surface area contributed by atoms with Gasteiger partial charge in [0.15, 0.2) is 5.11 Å². The van der Waals surface area contributed by atoms with E-state index in [9.17, 15) is 9.18 Å². The number of amides is 1. The maximum absolute atomic E-state index is 13.2. The molecule has 3 heterocycles. The molecule has 0 aliphatic carbocycles. The molecule has 188 valence electrons. The van der Waals surface area contributed by atoms with Crippen LogP contribution in [0.25, 0.3) is 5.69 Å². The van der Waals surface area contributed by atoms with Gasteiger partial charge in [0.2, 0.25) is 5.91 Å². The van der Waals surface area contributed by atoms with Crippen LogP contribution < -0.4 is 10.6 Å². The Morgan fingerprint density at radius 2 is 1.78 bits per heavy atom. The van der Waals surface area contributed by atoms with E-state index in [0.717, 1.165) is 28.3 Å². The van der Waals surface area contributed by atoms with Crippen LogP contribution >= 0.6 is 12.2 Å². The van der Waals surface area contributed by atoms with Crippen LogP contribution in [0.15, 0.2) is 85.1 Å². The van der Waals surface area contributed by atoms with Crippen molar-refractivity contribution in [2.45, 2.75) is 32.4 Å². The highest BCUT2D eigenvalue weighted by Gasteiger charge is 2.41. The predicted molar refractivity (Wildman–Crippen MR) is 147 cm³/mol. The Morgan fingerprint density at radius 1 is 1.05 bits per heavy atom. The maximum Gasteiger partial charge on any atom is 0.226 e. The number of anilines is 1. The van der Waals surface area contributed by atoms with Gasteiger partial charge >= 0.3 is 0 Å². The van der Waals surface area contributed by atoms with Crippen molar-refractivity contribution in [3.63, 3.8) is 0 Å². The fourth-order valence-corrected chi connectivity index (χ4v) is 5.36. The molecule has 6 nitrogen and oxygen atoms in total. The topological polar surface area (TPSA) is 62.2 Å². The predicted octanol–water partition coefficient (Wildman–Crippen LogP) is 5.63. The third kappa shape index (κ3) is 5.11.